The highest BCUT2D eigenvalue weighted by molar-refractivity contribution is 14.0. The van der Waals surface area contributed by atoms with Crippen LogP contribution < -0.4 is 24.8 Å². The molecule has 2 aromatic rings. The molecular weight excluding hydrogens is 511 g/mol. The van der Waals surface area contributed by atoms with Gasteiger partial charge in [0.05, 0.1) is 6.61 Å². The van der Waals surface area contributed by atoms with Gasteiger partial charge in [-0.3, -0.25) is 4.99 Å². The normalized spacial score (nSPS) is 12.5. The molecule has 2 aromatic carbocycles. The summed E-state index contributed by atoms with van der Waals surface area (Å²) in [5.41, 5.74) is 2.66. The van der Waals surface area contributed by atoms with Crippen molar-refractivity contribution in [2.45, 2.75) is 26.3 Å². The average molecular weight is 535 g/mol. The van der Waals surface area contributed by atoms with Gasteiger partial charge in [0, 0.05) is 38.9 Å². The van der Waals surface area contributed by atoms with Gasteiger partial charge >= 0.3 is 6.61 Å². The van der Waals surface area contributed by atoms with Gasteiger partial charge in [0.25, 0.3) is 0 Å². The van der Waals surface area contributed by atoms with Crippen molar-refractivity contribution in [1.29, 1.82) is 0 Å². The molecule has 3 rings (SSSR count). The number of aliphatic imine (C=N–C) groups is 1. The predicted molar refractivity (Wildman–Crippen MR) is 119 cm³/mol. The molecule has 10 heteroatoms. The standard InChI is InChI=1S/C20H23F2N3O4.HI/c1-23-20(24-9-13-3-5-14(6-4-13)11-26-2)25-10-15-7-17-18(28-12-27-17)8-16(15)29-19(21)22;/h3-8,19H,9-12H2,1-2H3,(H2,23,24,25);1H. The molecule has 0 aliphatic carbocycles. The number of guanidine groups is 1. The summed E-state index contributed by atoms with van der Waals surface area (Å²) in [4.78, 5) is 4.16. The summed E-state index contributed by atoms with van der Waals surface area (Å²) in [7, 11) is 3.29. The highest BCUT2D eigenvalue weighted by atomic mass is 127. The Morgan fingerprint density at radius 2 is 1.70 bits per heavy atom. The summed E-state index contributed by atoms with van der Waals surface area (Å²) in [6, 6.07) is 11.0. The largest absolute Gasteiger partial charge is 0.454 e. The highest BCUT2D eigenvalue weighted by Crippen LogP contribution is 2.38. The number of nitrogens with zero attached hydrogens (tertiary/aromatic N) is 1. The molecule has 0 atom stereocenters. The molecular formula is C20H24F2IN3O4. The fraction of sp³-hybridized carbons (Fsp3) is 0.350. The van der Waals surface area contributed by atoms with Gasteiger partial charge in [0.15, 0.2) is 17.5 Å². The van der Waals surface area contributed by atoms with Crippen molar-refractivity contribution >= 4 is 29.9 Å². The molecule has 0 saturated heterocycles. The number of fused-ring (bicyclic) bond motifs is 1. The minimum atomic E-state index is -2.94. The van der Waals surface area contributed by atoms with Gasteiger partial charge in [-0.15, -0.1) is 24.0 Å². The second kappa shape index (κ2) is 11.7. The SMILES string of the molecule is CN=C(NCc1ccc(COC)cc1)NCc1cc2c(cc1OC(F)F)OCO2.I. The Hall–Kier alpha value is -2.34. The summed E-state index contributed by atoms with van der Waals surface area (Å²) in [5.74, 6) is 1.42. The minimum absolute atomic E-state index is 0. The Kier molecular flexibility index (Phi) is 9.37. The van der Waals surface area contributed by atoms with E-state index >= 15 is 0 Å². The first-order valence-corrected chi connectivity index (χ1v) is 8.97. The van der Waals surface area contributed by atoms with E-state index in [1.165, 1.54) is 6.07 Å². The van der Waals surface area contributed by atoms with Gasteiger partial charge in [-0.05, 0) is 17.2 Å². The van der Waals surface area contributed by atoms with Gasteiger partial charge in [0.2, 0.25) is 6.79 Å². The number of hydrogen-bond acceptors (Lipinski definition) is 5. The summed E-state index contributed by atoms with van der Waals surface area (Å²) < 4.78 is 45.7. The Balaban J connectivity index is 0.00000320. The number of halogens is 3. The van der Waals surface area contributed by atoms with E-state index in [1.54, 1.807) is 20.2 Å². The number of benzene rings is 2. The maximum absolute atomic E-state index is 12.7. The number of alkyl halides is 2. The van der Waals surface area contributed by atoms with E-state index in [0.717, 1.165) is 11.1 Å². The van der Waals surface area contributed by atoms with Gasteiger partial charge < -0.3 is 29.6 Å². The van der Waals surface area contributed by atoms with Crippen molar-refractivity contribution in [2.75, 3.05) is 21.0 Å². The lowest BCUT2D eigenvalue weighted by molar-refractivity contribution is -0.0505. The van der Waals surface area contributed by atoms with Crippen LogP contribution in [0.2, 0.25) is 0 Å². The number of rotatable bonds is 8. The second-order valence-electron chi connectivity index (χ2n) is 6.22. The van der Waals surface area contributed by atoms with Gasteiger partial charge in [-0.1, -0.05) is 24.3 Å². The fourth-order valence-corrected chi connectivity index (χ4v) is 2.81. The van der Waals surface area contributed by atoms with Crippen LogP contribution in [0.3, 0.4) is 0 Å². The Bertz CT molecular complexity index is 851. The quantitative estimate of drug-likeness (QED) is 0.306. The van der Waals surface area contributed by atoms with Crippen LogP contribution in [-0.2, 0) is 24.4 Å². The molecule has 1 aliphatic heterocycles. The topological polar surface area (TPSA) is 73.3 Å². The molecule has 0 fully saturated rings. The molecule has 7 nitrogen and oxygen atoms in total. The lowest BCUT2D eigenvalue weighted by Crippen LogP contribution is -2.36. The van der Waals surface area contributed by atoms with Crippen LogP contribution in [0.4, 0.5) is 8.78 Å². The number of methoxy groups -OCH3 is 1. The van der Waals surface area contributed by atoms with Gasteiger partial charge in [0.1, 0.15) is 5.75 Å². The van der Waals surface area contributed by atoms with E-state index in [0.29, 0.717) is 36.2 Å². The maximum Gasteiger partial charge on any atom is 0.387 e. The first-order valence-electron chi connectivity index (χ1n) is 8.97. The molecule has 0 amide bonds. The first kappa shape index (κ1) is 23.9. The summed E-state index contributed by atoms with van der Waals surface area (Å²) in [6.45, 7) is -1.56. The smallest absolute Gasteiger partial charge is 0.387 e. The average Bonchev–Trinajstić information content (AvgIpc) is 3.16. The van der Waals surface area contributed by atoms with Crippen LogP contribution >= 0.6 is 24.0 Å². The zero-order valence-electron chi connectivity index (χ0n) is 16.6. The highest BCUT2D eigenvalue weighted by Gasteiger charge is 2.20. The van der Waals surface area contributed by atoms with Crippen molar-refractivity contribution in [2.24, 2.45) is 4.99 Å². The molecule has 30 heavy (non-hydrogen) atoms. The molecule has 2 N–H and O–H groups in total. The molecule has 0 bridgehead atoms. The fourth-order valence-electron chi connectivity index (χ4n) is 2.81. The molecule has 1 heterocycles. The van der Waals surface area contributed by atoms with Crippen LogP contribution in [0.1, 0.15) is 16.7 Å². The van der Waals surface area contributed by atoms with Crippen molar-refractivity contribution < 1.29 is 27.7 Å². The lowest BCUT2D eigenvalue weighted by atomic mass is 10.1. The van der Waals surface area contributed by atoms with Crippen LogP contribution in [0.5, 0.6) is 17.2 Å². The third kappa shape index (κ3) is 6.59. The van der Waals surface area contributed by atoms with Crippen LogP contribution in [-0.4, -0.2) is 33.5 Å². The molecule has 1 aliphatic rings. The first-order chi connectivity index (χ1) is 14.1. The second-order valence-corrected chi connectivity index (χ2v) is 6.22. The molecule has 0 spiro atoms. The van der Waals surface area contributed by atoms with Crippen LogP contribution in [0, 0.1) is 0 Å². The van der Waals surface area contributed by atoms with Crippen molar-refractivity contribution in [3.63, 3.8) is 0 Å². The third-order valence-electron chi connectivity index (χ3n) is 4.24. The van der Waals surface area contributed by atoms with E-state index in [2.05, 4.69) is 20.4 Å². The predicted octanol–water partition coefficient (Wildman–Crippen LogP) is 3.65. The van der Waals surface area contributed by atoms with Gasteiger partial charge in [-0.25, -0.2) is 0 Å². The Labute approximate surface area is 190 Å². The van der Waals surface area contributed by atoms with Crippen molar-refractivity contribution in [3.05, 3.63) is 53.1 Å². The zero-order chi connectivity index (χ0) is 20.6. The Morgan fingerprint density at radius 1 is 1.07 bits per heavy atom. The summed E-state index contributed by atoms with van der Waals surface area (Å²) >= 11 is 0. The summed E-state index contributed by atoms with van der Waals surface area (Å²) in [6.07, 6.45) is 0. The van der Waals surface area contributed by atoms with E-state index in [9.17, 15) is 8.78 Å². The molecule has 164 valence electrons. The number of hydrogen-bond donors (Lipinski definition) is 2. The van der Waals surface area contributed by atoms with E-state index in [1.807, 2.05) is 24.3 Å². The molecule has 0 saturated carbocycles. The third-order valence-corrected chi connectivity index (χ3v) is 4.24. The van der Waals surface area contributed by atoms with Crippen LogP contribution in [0.25, 0.3) is 0 Å². The van der Waals surface area contributed by atoms with E-state index in [-0.39, 0.29) is 43.1 Å². The van der Waals surface area contributed by atoms with Crippen molar-refractivity contribution in [3.8, 4) is 17.2 Å². The van der Waals surface area contributed by atoms with Crippen molar-refractivity contribution in [1.82, 2.24) is 10.6 Å². The summed E-state index contributed by atoms with van der Waals surface area (Å²) in [5, 5.41) is 6.27. The van der Waals surface area contributed by atoms with E-state index in [4.69, 9.17) is 14.2 Å². The maximum atomic E-state index is 12.7. The van der Waals surface area contributed by atoms with Gasteiger partial charge in [-0.2, -0.15) is 8.78 Å². The number of nitrogens with one attached hydrogen (secondary N) is 2. The number of ether oxygens (including phenoxy) is 4. The monoisotopic (exact) mass is 535 g/mol. The lowest BCUT2D eigenvalue weighted by Gasteiger charge is -2.15. The van der Waals surface area contributed by atoms with E-state index < -0.39 is 6.61 Å². The zero-order valence-corrected chi connectivity index (χ0v) is 18.9. The molecule has 0 radical (unpaired) electrons. The Morgan fingerprint density at radius 3 is 2.33 bits per heavy atom. The minimum Gasteiger partial charge on any atom is -0.454 e. The van der Waals surface area contributed by atoms with Crippen LogP contribution in [0.15, 0.2) is 41.4 Å². The molecule has 0 aromatic heterocycles. The molecule has 0 unspecified atom stereocenters.